The van der Waals surface area contributed by atoms with Crippen LogP contribution in [0.15, 0.2) is 42.5 Å². The van der Waals surface area contributed by atoms with Crippen LogP contribution >= 0.6 is 11.6 Å². The van der Waals surface area contributed by atoms with Crippen LogP contribution in [0.4, 0.5) is 0 Å². The van der Waals surface area contributed by atoms with Gasteiger partial charge in [0.25, 0.3) is 0 Å². The van der Waals surface area contributed by atoms with Crippen molar-refractivity contribution in [1.82, 2.24) is 0 Å². The summed E-state index contributed by atoms with van der Waals surface area (Å²) in [5.74, 6) is 1.02. The molecular formula is C25H31ClO4. The number of aliphatic hydroxyl groups excluding tert-OH is 2. The van der Waals surface area contributed by atoms with Crippen molar-refractivity contribution in [2.24, 2.45) is 11.3 Å². The van der Waals surface area contributed by atoms with Gasteiger partial charge in [-0.3, -0.25) is 0 Å². The minimum Gasteiger partial charge on any atom is -0.494 e. The highest BCUT2D eigenvalue weighted by Crippen LogP contribution is 2.59. The van der Waals surface area contributed by atoms with Crippen molar-refractivity contribution in [2.45, 2.75) is 50.7 Å². The summed E-state index contributed by atoms with van der Waals surface area (Å²) in [4.78, 5) is 0. The molecule has 4 nitrogen and oxygen atoms in total. The van der Waals surface area contributed by atoms with Gasteiger partial charge in [-0.05, 0) is 73.4 Å². The fourth-order valence-electron chi connectivity index (χ4n) is 5.56. The maximum absolute atomic E-state index is 11.3. The van der Waals surface area contributed by atoms with Crippen LogP contribution in [0, 0.1) is 11.3 Å². The van der Waals surface area contributed by atoms with E-state index in [9.17, 15) is 10.2 Å². The molecule has 2 aliphatic rings. The summed E-state index contributed by atoms with van der Waals surface area (Å²) in [5.41, 5.74) is 3.00. The van der Waals surface area contributed by atoms with Crippen LogP contribution < -0.4 is 4.74 Å². The van der Waals surface area contributed by atoms with E-state index in [0.717, 1.165) is 41.2 Å². The summed E-state index contributed by atoms with van der Waals surface area (Å²) in [7, 11) is 1.67. The zero-order valence-corrected chi connectivity index (χ0v) is 18.4. The number of rotatable bonds is 7. The summed E-state index contributed by atoms with van der Waals surface area (Å²) in [5, 5.41) is 22.3. The molecule has 5 unspecified atom stereocenters. The molecule has 5 atom stereocenters. The highest BCUT2D eigenvalue weighted by Gasteiger charge is 2.61. The Bertz CT molecular complexity index is 864. The molecule has 2 aromatic carbocycles. The molecule has 2 fully saturated rings. The molecule has 0 radical (unpaired) electrons. The van der Waals surface area contributed by atoms with Gasteiger partial charge in [0.1, 0.15) is 5.75 Å². The normalized spacial score (nSPS) is 30.4. The van der Waals surface area contributed by atoms with Crippen LogP contribution in [0.25, 0.3) is 0 Å². The number of benzene rings is 2. The summed E-state index contributed by atoms with van der Waals surface area (Å²) >= 11 is 6.52. The van der Waals surface area contributed by atoms with E-state index < -0.39 is 6.10 Å². The molecule has 0 heterocycles. The molecule has 0 saturated heterocycles. The lowest BCUT2D eigenvalue weighted by molar-refractivity contribution is -0.217. The zero-order valence-electron chi connectivity index (χ0n) is 17.7. The third kappa shape index (κ3) is 3.87. The number of ether oxygens (including phenoxy) is 2. The van der Waals surface area contributed by atoms with Gasteiger partial charge in [0.2, 0.25) is 0 Å². The first kappa shape index (κ1) is 21.6. The Kier molecular flexibility index (Phi) is 6.40. The maximum atomic E-state index is 11.3. The molecule has 4 rings (SSSR count). The van der Waals surface area contributed by atoms with Crippen LogP contribution in [0.3, 0.4) is 0 Å². The highest BCUT2D eigenvalue weighted by atomic mass is 35.5. The average molecular weight is 431 g/mol. The summed E-state index contributed by atoms with van der Waals surface area (Å²) < 4.78 is 11.0. The van der Waals surface area contributed by atoms with E-state index >= 15 is 0 Å². The van der Waals surface area contributed by atoms with Crippen molar-refractivity contribution in [1.29, 1.82) is 0 Å². The average Bonchev–Trinajstić information content (AvgIpc) is 2.73. The predicted molar refractivity (Wildman–Crippen MR) is 118 cm³/mol. The van der Waals surface area contributed by atoms with Gasteiger partial charge in [0.05, 0.1) is 25.4 Å². The largest absolute Gasteiger partial charge is 0.494 e. The van der Waals surface area contributed by atoms with E-state index in [4.69, 9.17) is 21.1 Å². The van der Waals surface area contributed by atoms with Gasteiger partial charge < -0.3 is 19.7 Å². The molecule has 0 bridgehead atoms. The van der Waals surface area contributed by atoms with E-state index in [1.165, 1.54) is 5.56 Å². The van der Waals surface area contributed by atoms with Crippen molar-refractivity contribution in [2.75, 3.05) is 20.3 Å². The first-order chi connectivity index (χ1) is 14.5. The molecular weight excluding hydrogens is 400 g/mol. The first-order valence-corrected chi connectivity index (χ1v) is 11.2. The Morgan fingerprint density at radius 3 is 2.53 bits per heavy atom. The molecule has 2 aliphatic carbocycles. The summed E-state index contributed by atoms with van der Waals surface area (Å²) in [6.07, 6.45) is 2.25. The molecule has 2 N–H and O–H groups in total. The molecule has 0 amide bonds. The number of hydrogen-bond acceptors (Lipinski definition) is 4. The molecule has 30 heavy (non-hydrogen) atoms. The van der Waals surface area contributed by atoms with Crippen LogP contribution in [0.2, 0.25) is 5.02 Å². The monoisotopic (exact) mass is 430 g/mol. The van der Waals surface area contributed by atoms with Crippen molar-refractivity contribution >= 4 is 11.6 Å². The number of aliphatic hydroxyl groups is 2. The standard InChI is InChI=1S/C25H31ClO4/c1-3-30-19-7-4-16(5-8-19)12-18-13-17(6-11-22(18)26)20-9-10-21-23(27)14-25(21,15-29-2)24(20)28/h4-8,11,13,20-21,23-24,27-28H,3,9-10,12,14-15H2,1-2H3. The topological polar surface area (TPSA) is 58.9 Å². The third-order valence-corrected chi connectivity index (χ3v) is 7.46. The van der Waals surface area contributed by atoms with Gasteiger partial charge in [-0.25, -0.2) is 0 Å². The second-order valence-corrected chi connectivity index (χ2v) is 9.18. The zero-order chi connectivity index (χ0) is 21.3. The molecule has 0 spiro atoms. The number of fused-ring (bicyclic) bond motifs is 1. The van der Waals surface area contributed by atoms with Crippen molar-refractivity contribution in [3.05, 3.63) is 64.2 Å². The summed E-state index contributed by atoms with van der Waals surface area (Å²) in [6.45, 7) is 3.11. The fourth-order valence-corrected chi connectivity index (χ4v) is 5.75. The Hall–Kier alpha value is -1.59. The lowest BCUT2D eigenvalue weighted by Crippen LogP contribution is -2.63. The summed E-state index contributed by atoms with van der Waals surface area (Å²) in [6, 6.07) is 14.2. The van der Waals surface area contributed by atoms with Gasteiger partial charge in [-0.15, -0.1) is 0 Å². The second-order valence-electron chi connectivity index (χ2n) is 8.78. The predicted octanol–water partition coefficient (Wildman–Crippen LogP) is 4.58. The van der Waals surface area contributed by atoms with Crippen molar-refractivity contribution < 1.29 is 19.7 Å². The van der Waals surface area contributed by atoms with Crippen molar-refractivity contribution in [3.8, 4) is 5.75 Å². The van der Waals surface area contributed by atoms with Gasteiger partial charge in [0, 0.05) is 23.5 Å². The lowest BCUT2D eigenvalue weighted by atomic mass is 9.48. The molecule has 2 saturated carbocycles. The van der Waals surface area contributed by atoms with E-state index in [1.807, 2.05) is 31.2 Å². The van der Waals surface area contributed by atoms with Gasteiger partial charge in [-0.2, -0.15) is 0 Å². The second kappa shape index (κ2) is 8.88. The smallest absolute Gasteiger partial charge is 0.119 e. The van der Waals surface area contributed by atoms with Crippen LogP contribution in [0.1, 0.15) is 48.8 Å². The first-order valence-electron chi connectivity index (χ1n) is 10.8. The minimum atomic E-state index is -0.529. The van der Waals surface area contributed by atoms with E-state index in [1.54, 1.807) is 7.11 Å². The van der Waals surface area contributed by atoms with E-state index in [0.29, 0.717) is 19.6 Å². The Morgan fingerprint density at radius 2 is 1.87 bits per heavy atom. The van der Waals surface area contributed by atoms with Gasteiger partial charge in [-0.1, -0.05) is 35.9 Å². The maximum Gasteiger partial charge on any atom is 0.119 e. The molecule has 0 aromatic heterocycles. The fraction of sp³-hybridized carbons (Fsp3) is 0.520. The van der Waals surface area contributed by atoms with Crippen LogP contribution in [-0.2, 0) is 11.2 Å². The lowest BCUT2D eigenvalue weighted by Gasteiger charge is -2.60. The quantitative estimate of drug-likeness (QED) is 0.674. The third-order valence-electron chi connectivity index (χ3n) is 7.09. The highest BCUT2D eigenvalue weighted by molar-refractivity contribution is 6.31. The van der Waals surface area contributed by atoms with Crippen LogP contribution in [0.5, 0.6) is 5.75 Å². The van der Waals surface area contributed by atoms with Gasteiger partial charge in [0.15, 0.2) is 0 Å². The molecule has 2 aromatic rings. The molecule has 5 heteroatoms. The number of halogens is 1. The Morgan fingerprint density at radius 1 is 1.10 bits per heavy atom. The Labute approximate surface area is 183 Å². The number of hydrogen-bond donors (Lipinski definition) is 2. The molecule has 162 valence electrons. The van der Waals surface area contributed by atoms with E-state index in [-0.39, 0.29) is 23.4 Å². The number of methoxy groups -OCH3 is 1. The van der Waals surface area contributed by atoms with Crippen molar-refractivity contribution in [3.63, 3.8) is 0 Å². The molecule has 0 aliphatic heterocycles. The van der Waals surface area contributed by atoms with Crippen LogP contribution in [-0.4, -0.2) is 42.7 Å². The SMILES string of the molecule is CCOc1ccc(Cc2cc(C3CCC4C(O)CC4(COC)C3O)ccc2Cl)cc1. The Balaban J connectivity index is 1.55. The van der Waals surface area contributed by atoms with E-state index in [2.05, 4.69) is 18.2 Å². The van der Waals surface area contributed by atoms with Gasteiger partial charge >= 0.3 is 0 Å². The minimum absolute atomic E-state index is 0.0280.